The predicted octanol–water partition coefficient (Wildman–Crippen LogP) is 2.03. The highest BCUT2D eigenvalue weighted by atomic mass is 35.5. The fourth-order valence-electron chi connectivity index (χ4n) is 1.59. The van der Waals surface area contributed by atoms with E-state index in [1.165, 1.54) is 30.5 Å². The number of rotatable bonds is 4. The summed E-state index contributed by atoms with van der Waals surface area (Å²) in [6.45, 7) is 0. The maximum Gasteiger partial charge on any atom is 0.312 e. The normalized spacial score (nSPS) is 11.1. The van der Waals surface area contributed by atoms with Gasteiger partial charge < -0.3 is 5.73 Å². The maximum absolute atomic E-state index is 12.3. The van der Waals surface area contributed by atoms with Crippen LogP contribution in [0.15, 0.2) is 41.4 Å². The largest absolute Gasteiger partial charge is 0.393 e. The number of anilines is 2. The van der Waals surface area contributed by atoms with Crippen molar-refractivity contribution in [1.82, 2.24) is 4.98 Å². The van der Waals surface area contributed by atoms with Gasteiger partial charge >= 0.3 is 5.69 Å². The number of benzene rings is 1. The Bertz CT molecular complexity index is 810. The molecule has 0 aliphatic carbocycles. The van der Waals surface area contributed by atoms with Crippen LogP contribution in [0.1, 0.15) is 0 Å². The number of para-hydroxylation sites is 1. The minimum absolute atomic E-state index is 0.0626. The van der Waals surface area contributed by atoms with E-state index in [2.05, 4.69) is 9.71 Å². The highest BCUT2D eigenvalue weighted by Crippen LogP contribution is 2.31. The second-order valence-electron chi connectivity index (χ2n) is 3.89. The zero-order valence-corrected chi connectivity index (χ0v) is 11.9. The molecule has 3 N–H and O–H groups in total. The van der Waals surface area contributed by atoms with Gasteiger partial charge in [-0.2, -0.15) is 0 Å². The van der Waals surface area contributed by atoms with Crippen molar-refractivity contribution < 1.29 is 13.3 Å². The minimum Gasteiger partial charge on any atom is -0.393 e. The van der Waals surface area contributed by atoms with E-state index in [9.17, 15) is 18.5 Å². The third kappa shape index (κ3) is 3.03. The quantitative estimate of drug-likeness (QED) is 0.502. The third-order valence-corrected chi connectivity index (χ3v) is 4.17. The minimum atomic E-state index is -4.25. The second kappa shape index (κ2) is 5.54. The number of halogens is 1. The van der Waals surface area contributed by atoms with Gasteiger partial charge in [-0.1, -0.05) is 17.7 Å². The highest BCUT2D eigenvalue weighted by molar-refractivity contribution is 7.92. The smallest absolute Gasteiger partial charge is 0.312 e. The Kier molecular flexibility index (Phi) is 3.96. The number of nitrogens with two attached hydrogens (primary N) is 1. The molecule has 0 radical (unpaired) electrons. The molecule has 1 heterocycles. The van der Waals surface area contributed by atoms with Gasteiger partial charge in [0.25, 0.3) is 10.0 Å². The van der Waals surface area contributed by atoms with E-state index in [1.54, 1.807) is 0 Å². The van der Waals surface area contributed by atoms with Crippen LogP contribution >= 0.6 is 11.6 Å². The van der Waals surface area contributed by atoms with E-state index < -0.39 is 25.5 Å². The molecule has 0 aliphatic heterocycles. The highest BCUT2D eigenvalue weighted by Gasteiger charge is 2.28. The molecule has 110 valence electrons. The first-order valence-corrected chi connectivity index (χ1v) is 7.35. The van der Waals surface area contributed by atoms with Crippen LogP contribution in [0.4, 0.5) is 17.2 Å². The number of nitro benzene ring substituents is 1. The first-order valence-electron chi connectivity index (χ1n) is 5.49. The van der Waals surface area contributed by atoms with Gasteiger partial charge in [-0.3, -0.25) is 14.8 Å². The number of pyridine rings is 1. The Hall–Kier alpha value is -2.39. The van der Waals surface area contributed by atoms with Crippen molar-refractivity contribution in [2.24, 2.45) is 0 Å². The van der Waals surface area contributed by atoms with Crippen molar-refractivity contribution >= 4 is 38.8 Å². The number of hydrogen-bond acceptors (Lipinski definition) is 6. The average Bonchev–Trinajstić information content (AvgIpc) is 2.40. The molecule has 0 saturated carbocycles. The van der Waals surface area contributed by atoms with Gasteiger partial charge in [-0.15, -0.1) is 0 Å². The Morgan fingerprint density at radius 1 is 1.29 bits per heavy atom. The Balaban J connectivity index is 2.53. The molecule has 2 aromatic rings. The average molecular weight is 329 g/mol. The lowest BCUT2D eigenvalue weighted by Crippen LogP contribution is -2.16. The second-order valence-corrected chi connectivity index (χ2v) is 5.95. The Morgan fingerprint density at radius 3 is 2.62 bits per heavy atom. The lowest BCUT2D eigenvalue weighted by atomic mass is 10.3. The topological polar surface area (TPSA) is 128 Å². The van der Waals surface area contributed by atoms with E-state index in [1.807, 2.05) is 0 Å². The van der Waals surface area contributed by atoms with Gasteiger partial charge in [0.15, 0.2) is 10.7 Å². The number of nitrogens with zero attached hydrogens (tertiary/aromatic N) is 2. The van der Waals surface area contributed by atoms with Crippen molar-refractivity contribution in [3.63, 3.8) is 0 Å². The first kappa shape index (κ1) is 15.0. The summed E-state index contributed by atoms with van der Waals surface area (Å²) in [5.41, 5.74) is 4.51. The van der Waals surface area contributed by atoms with Gasteiger partial charge in [0, 0.05) is 6.20 Å². The molecule has 1 aromatic carbocycles. The summed E-state index contributed by atoms with van der Waals surface area (Å²) in [7, 11) is -4.25. The molecule has 21 heavy (non-hydrogen) atoms. The molecule has 8 nitrogen and oxygen atoms in total. The van der Waals surface area contributed by atoms with Gasteiger partial charge in [-0.05, 0) is 24.3 Å². The van der Waals surface area contributed by atoms with Gasteiger partial charge in [0.2, 0.25) is 0 Å². The fraction of sp³-hybridized carbons (Fsp3) is 0. The lowest BCUT2D eigenvalue weighted by Gasteiger charge is -2.09. The zero-order valence-electron chi connectivity index (χ0n) is 10.4. The Morgan fingerprint density at radius 2 is 2.00 bits per heavy atom. The molecule has 0 aliphatic rings. The van der Waals surface area contributed by atoms with Crippen molar-refractivity contribution in [1.29, 1.82) is 0 Å². The van der Waals surface area contributed by atoms with Crippen molar-refractivity contribution in [3.05, 3.63) is 51.7 Å². The van der Waals surface area contributed by atoms with Crippen LogP contribution in [0, 0.1) is 10.1 Å². The number of nitrogen functional groups attached to an aromatic ring is 1. The number of sulfonamides is 1. The molecule has 0 fully saturated rings. The monoisotopic (exact) mass is 328 g/mol. The summed E-state index contributed by atoms with van der Waals surface area (Å²) in [6, 6.07) is 6.57. The molecule has 0 spiro atoms. The van der Waals surface area contributed by atoms with Crippen LogP contribution in [0.5, 0.6) is 0 Å². The molecule has 0 amide bonds. The molecule has 10 heteroatoms. The van der Waals surface area contributed by atoms with E-state index in [0.717, 1.165) is 6.07 Å². The molecule has 0 atom stereocenters. The Labute approximate surface area is 124 Å². The van der Waals surface area contributed by atoms with Gasteiger partial charge in [0.1, 0.15) is 5.69 Å². The van der Waals surface area contributed by atoms with Crippen LogP contribution in [0.2, 0.25) is 5.02 Å². The number of nitrogens with one attached hydrogen (secondary N) is 1. The zero-order chi connectivity index (χ0) is 15.6. The number of hydrogen-bond donors (Lipinski definition) is 2. The van der Waals surface area contributed by atoms with Crippen LogP contribution in [0.25, 0.3) is 0 Å². The molecule has 0 saturated heterocycles. The van der Waals surface area contributed by atoms with Crippen LogP contribution in [-0.4, -0.2) is 18.3 Å². The predicted molar refractivity (Wildman–Crippen MR) is 77.6 cm³/mol. The van der Waals surface area contributed by atoms with Crippen LogP contribution in [-0.2, 0) is 10.0 Å². The summed E-state index contributed by atoms with van der Waals surface area (Å²) < 4.78 is 26.6. The van der Waals surface area contributed by atoms with Crippen molar-refractivity contribution in [2.45, 2.75) is 4.90 Å². The van der Waals surface area contributed by atoms with Crippen molar-refractivity contribution in [3.8, 4) is 0 Å². The maximum atomic E-state index is 12.3. The first-order chi connectivity index (χ1) is 9.83. The summed E-state index contributed by atoms with van der Waals surface area (Å²) in [4.78, 5) is 13.3. The summed E-state index contributed by atoms with van der Waals surface area (Å²) in [5.74, 6) is -0.129. The third-order valence-electron chi connectivity index (χ3n) is 2.49. The van der Waals surface area contributed by atoms with E-state index in [4.69, 9.17) is 17.3 Å². The molecule has 0 unspecified atom stereocenters. The SMILES string of the molecule is Nc1cccc(S(=O)(=O)Nc2ncccc2Cl)c1[N+](=O)[O-]. The van der Waals surface area contributed by atoms with Crippen LogP contribution in [0.3, 0.4) is 0 Å². The van der Waals surface area contributed by atoms with Gasteiger partial charge in [-0.25, -0.2) is 13.4 Å². The van der Waals surface area contributed by atoms with E-state index in [-0.39, 0.29) is 16.5 Å². The fourth-order valence-corrected chi connectivity index (χ4v) is 3.05. The van der Waals surface area contributed by atoms with Crippen molar-refractivity contribution in [2.75, 3.05) is 10.5 Å². The van der Waals surface area contributed by atoms with Crippen LogP contribution < -0.4 is 10.5 Å². The number of nitro groups is 1. The molecule has 1 aromatic heterocycles. The van der Waals surface area contributed by atoms with E-state index >= 15 is 0 Å². The summed E-state index contributed by atoms with van der Waals surface area (Å²) >= 11 is 5.80. The standard InChI is InChI=1S/C11H9ClN4O4S/c12-7-3-2-6-14-11(7)15-21(19,20)9-5-1-4-8(13)10(9)16(17)18/h1-6H,13H2,(H,14,15). The lowest BCUT2D eigenvalue weighted by molar-refractivity contribution is -0.386. The molecule has 2 rings (SSSR count). The van der Waals surface area contributed by atoms with E-state index in [0.29, 0.717) is 0 Å². The number of aromatic nitrogens is 1. The summed E-state index contributed by atoms with van der Waals surface area (Å²) in [5, 5.41) is 11.1. The molecular formula is C11H9ClN4O4S. The molecular weight excluding hydrogens is 320 g/mol. The molecule has 0 bridgehead atoms. The summed E-state index contributed by atoms with van der Waals surface area (Å²) in [6.07, 6.45) is 1.33. The van der Waals surface area contributed by atoms with Gasteiger partial charge in [0.05, 0.1) is 9.95 Å².